The van der Waals surface area contributed by atoms with Crippen LogP contribution in [-0.4, -0.2) is 15.0 Å². The molecule has 4 heteroatoms. The molecule has 0 saturated carbocycles. The molecule has 13 heavy (non-hydrogen) atoms. The summed E-state index contributed by atoms with van der Waals surface area (Å²) in [7, 11) is 0. The Hall–Kier alpha value is -1.03. The van der Waals surface area contributed by atoms with Crippen LogP contribution in [0.4, 0.5) is 0 Å². The molecule has 0 aliphatic rings. The molecule has 3 nitrogen and oxygen atoms in total. The van der Waals surface area contributed by atoms with Crippen LogP contribution in [0.5, 0.6) is 0 Å². The molecule has 0 N–H and O–H groups in total. The molecular weight excluding hydrogens is 182 g/mol. The Bertz CT molecular complexity index is 395. The molecule has 0 unspecified atom stereocenters. The molecule has 70 valence electrons. The molecule has 2 aromatic heterocycles. The Kier molecular flexibility index (Phi) is 3.31. The Morgan fingerprint density at radius 2 is 1.85 bits per heavy atom. The summed E-state index contributed by atoms with van der Waals surface area (Å²) >= 11 is 1.60. The molecule has 0 bridgehead atoms. The van der Waals surface area contributed by atoms with Crippen molar-refractivity contribution in [1.29, 1.82) is 0 Å². The van der Waals surface area contributed by atoms with Crippen LogP contribution in [0.2, 0.25) is 0 Å². The van der Waals surface area contributed by atoms with Crippen LogP contribution in [0.25, 0.3) is 10.3 Å². The minimum atomic E-state index is 0.940. The van der Waals surface area contributed by atoms with Crippen molar-refractivity contribution >= 4 is 21.7 Å². The number of hydrogen-bond donors (Lipinski definition) is 0. The summed E-state index contributed by atoms with van der Waals surface area (Å²) in [4.78, 5) is 13.4. The number of hydrogen-bond acceptors (Lipinski definition) is 4. The Morgan fingerprint density at radius 3 is 2.46 bits per heavy atom. The maximum atomic E-state index is 4.31. The van der Waals surface area contributed by atoms with Crippen LogP contribution in [0.3, 0.4) is 0 Å². The zero-order valence-corrected chi connectivity index (χ0v) is 9.14. The number of fused-ring (bicyclic) bond motifs is 1. The van der Waals surface area contributed by atoms with Gasteiger partial charge in [-0.1, -0.05) is 25.2 Å². The topological polar surface area (TPSA) is 38.7 Å². The number of aromatic nitrogens is 3. The number of aryl methyl sites for hydroxylation is 2. The molecule has 0 aliphatic heterocycles. The second-order valence-electron chi connectivity index (χ2n) is 2.35. The van der Waals surface area contributed by atoms with Gasteiger partial charge in [0, 0.05) is 0 Å². The standard InChI is InChI=1S/C7H7N3S.C2H6/c1-4-6-7(9-3-8-4)11-5(2)10-6;1-2/h3H,1-2H3;1-2H3. The van der Waals surface area contributed by atoms with Crippen molar-refractivity contribution in [2.75, 3.05) is 0 Å². The first kappa shape index (κ1) is 10.1. The van der Waals surface area contributed by atoms with Gasteiger partial charge in [-0.2, -0.15) is 0 Å². The quantitative estimate of drug-likeness (QED) is 0.648. The van der Waals surface area contributed by atoms with Gasteiger partial charge in [0.25, 0.3) is 0 Å². The lowest BCUT2D eigenvalue weighted by Gasteiger charge is -1.88. The molecule has 0 aromatic carbocycles. The van der Waals surface area contributed by atoms with Crippen LogP contribution in [-0.2, 0) is 0 Å². The molecule has 2 heterocycles. The first-order chi connectivity index (χ1) is 6.27. The van der Waals surface area contributed by atoms with E-state index in [0.29, 0.717) is 0 Å². The normalized spacial score (nSPS) is 9.54. The first-order valence-electron chi connectivity index (χ1n) is 4.32. The van der Waals surface area contributed by atoms with Crippen LogP contribution >= 0.6 is 11.3 Å². The fourth-order valence-electron chi connectivity index (χ4n) is 0.969. The fraction of sp³-hybridized carbons (Fsp3) is 0.444. The molecule has 0 radical (unpaired) electrons. The van der Waals surface area contributed by atoms with Gasteiger partial charge in [-0.25, -0.2) is 15.0 Å². The summed E-state index contributed by atoms with van der Waals surface area (Å²) in [5.74, 6) is 0. The minimum absolute atomic E-state index is 0.940. The zero-order chi connectivity index (χ0) is 9.84. The third kappa shape index (κ3) is 2.01. The highest BCUT2D eigenvalue weighted by Crippen LogP contribution is 2.19. The number of thiazole rings is 1. The van der Waals surface area contributed by atoms with E-state index in [1.54, 1.807) is 17.7 Å². The van der Waals surface area contributed by atoms with E-state index >= 15 is 0 Å². The van der Waals surface area contributed by atoms with Crippen LogP contribution < -0.4 is 0 Å². The smallest absolute Gasteiger partial charge is 0.147 e. The monoisotopic (exact) mass is 195 g/mol. The highest BCUT2D eigenvalue weighted by Gasteiger charge is 2.03. The van der Waals surface area contributed by atoms with E-state index in [-0.39, 0.29) is 0 Å². The second-order valence-corrected chi connectivity index (χ2v) is 3.53. The average molecular weight is 195 g/mol. The Labute approximate surface area is 81.9 Å². The Balaban J connectivity index is 0.000000396. The van der Waals surface area contributed by atoms with Crippen molar-refractivity contribution < 1.29 is 0 Å². The van der Waals surface area contributed by atoms with Gasteiger partial charge in [0.1, 0.15) is 16.7 Å². The zero-order valence-electron chi connectivity index (χ0n) is 8.33. The van der Waals surface area contributed by atoms with E-state index < -0.39 is 0 Å². The van der Waals surface area contributed by atoms with Crippen LogP contribution in [0.1, 0.15) is 24.5 Å². The van der Waals surface area contributed by atoms with E-state index in [0.717, 1.165) is 21.0 Å². The van der Waals surface area contributed by atoms with Crippen LogP contribution in [0.15, 0.2) is 6.33 Å². The highest BCUT2D eigenvalue weighted by atomic mass is 32.1. The van der Waals surface area contributed by atoms with Gasteiger partial charge in [0.15, 0.2) is 0 Å². The van der Waals surface area contributed by atoms with Gasteiger partial charge in [-0.05, 0) is 13.8 Å². The van der Waals surface area contributed by atoms with Crippen LogP contribution in [0, 0.1) is 13.8 Å². The SMILES string of the molecule is CC.Cc1nc2c(C)ncnc2s1. The van der Waals surface area contributed by atoms with E-state index in [2.05, 4.69) is 15.0 Å². The van der Waals surface area contributed by atoms with E-state index in [4.69, 9.17) is 0 Å². The Morgan fingerprint density at radius 1 is 1.15 bits per heavy atom. The summed E-state index contributed by atoms with van der Waals surface area (Å²) < 4.78 is 0. The maximum Gasteiger partial charge on any atom is 0.147 e. The largest absolute Gasteiger partial charge is 0.239 e. The van der Waals surface area contributed by atoms with Crippen molar-refractivity contribution in [3.8, 4) is 0 Å². The first-order valence-corrected chi connectivity index (χ1v) is 5.14. The molecule has 2 rings (SSSR count). The van der Waals surface area contributed by atoms with Crippen molar-refractivity contribution in [2.45, 2.75) is 27.7 Å². The van der Waals surface area contributed by atoms with E-state index in [1.807, 2.05) is 27.7 Å². The lowest BCUT2D eigenvalue weighted by atomic mass is 10.4. The molecular formula is C9H13N3S. The predicted octanol–water partition coefficient (Wildman–Crippen LogP) is 2.73. The summed E-state index contributed by atoms with van der Waals surface area (Å²) in [6, 6.07) is 0. The third-order valence-corrected chi connectivity index (χ3v) is 2.36. The molecule has 0 spiro atoms. The number of rotatable bonds is 0. The van der Waals surface area contributed by atoms with Crippen molar-refractivity contribution in [3.63, 3.8) is 0 Å². The van der Waals surface area contributed by atoms with E-state index in [1.165, 1.54) is 0 Å². The van der Waals surface area contributed by atoms with Gasteiger partial charge in [0.05, 0.1) is 10.7 Å². The van der Waals surface area contributed by atoms with Gasteiger partial charge >= 0.3 is 0 Å². The van der Waals surface area contributed by atoms with Crippen molar-refractivity contribution in [2.24, 2.45) is 0 Å². The van der Waals surface area contributed by atoms with Gasteiger partial charge in [0.2, 0.25) is 0 Å². The lowest BCUT2D eigenvalue weighted by Crippen LogP contribution is -1.83. The maximum absolute atomic E-state index is 4.31. The van der Waals surface area contributed by atoms with Gasteiger partial charge in [-0.3, -0.25) is 0 Å². The molecule has 2 aromatic rings. The molecule has 0 saturated heterocycles. The summed E-state index contributed by atoms with van der Waals surface area (Å²) in [6.45, 7) is 7.93. The van der Waals surface area contributed by atoms with E-state index in [9.17, 15) is 0 Å². The van der Waals surface area contributed by atoms with Gasteiger partial charge in [-0.15, -0.1) is 0 Å². The highest BCUT2D eigenvalue weighted by molar-refractivity contribution is 7.18. The fourth-order valence-corrected chi connectivity index (χ4v) is 1.78. The summed E-state index contributed by atoms with van der Waals surface area (Å²) in [5.41, 5.74) is 1.90. The predicted molar refractivity (Wildman–Crippen MR) is 56.0 cm³/mol. The summed E-state index contributed by atoms with van der Waals surface area (Å²) in [6.07, 6.45) is 1.58. The molecule has 0 fully saturated rings. The second kappa shape index (κ2) is 4.28. The minimum Gasteiger partial charge on any atom is -0.239 e. The average Bonchev–Trinajstić information content (AvgIpc) is 2.51. The summed E-state index contributed by atoms with van der Waals surface area (Å²) in [5, 5.41) is 1.05. The van der Waals surface area contributed by atoms with Crippen molar-refractivity contribution in [3.05, 3.63) is 17.0 Å². The van der Waals surface area contributed by atoms with Crippen molar-refractivity contribution in [1.82, 2.24) is 15.0 Å². The third-order valence-electron chi connectivity index (χ3n) is 1.49. The molecule has 0 aliphatic carbocycles. The lowest BCUT2D eigenvalue weighted by molar-refractivity contribution is 1.14. The molecule has 0 atom stereocenters. The molecule has 0 amide bonds. The van der Waals surface area contributed by atoms with Gasteiger partial charge < -0.3 is 0 Å². The number of nitrogens with zero attached hydrogens (tertiary/aromatic N) is 3.